The molecule has 1 rings (SSSR count). The van der Waals surface area contributed by atoms with Gasteiger partial charge in [0.05, 0.1) is 0 Å². The van der Waals surface area contributed by atoms with Crippen LogP contribution in [0.15, 0.2) is 24.3 Å². The summed E-state index contributed by atoms with van der Waals surface area (Å²) in [6.07, 6.45) is 0.989. The lowest BCUT2D eigenvalue weighted by Gasteiger charge is -2.13. The summed E-state index contributed by atoms with van der Waals surface area (Å²) in [6, 6.07) is 8.40. The second-order valence-electron chi connectivity index (χ2n) is 5.79. The Balaban J connectivity index is 2.35. The number of ether oxygens (including phenoxy) is 1. The number of carbonyl (C=O) groups is 1. The number of amides is 1. The Hall–Kier alpha value is -1.55. The Bertz CT molecular complexity index is 415. The minimum absolute atomic E-state index is 0.0693. The fourth-order valence-corrected chi connectivity index (χ4v) is 2.01. The molecule has 0 heterocycles. The third-order valence-corrected chi connectivity index (χ3v) is 3.10. The van der Waals surface area contributed by atoms with Gasteiger partial charge in [0.25, 0.3) is 5.91 Å². The predicted octanol–water partition coefficient (Wildman–Crippen LogP) is 2.38. The quantitative estimate of drug-likeness (QED) is 0.735. The van der Waals surface area contributed by atoms with E-state index in [1.165, 1.54) is 5.56 Å². The molecule has 0 saturated heterocycles. The van der Waals surface area contributed by atoms with Crippen molar-refractivity contribution in [2.75, 3.05) is 19.7 Å². The number of nitrogens with one attached hydrogen (secondary N) is 2. The van der Waals surface area contributed by atoms with Crippen molar-refractivity contribution in [1.82, 2.24) is 10.6 Å². The lowest BCUT2D eigenvalue weighted by Crippen LogP contribution is -2.31. The van der Waals surface area contributed by atoms with Crippen molar-refractivity contribution < 1.29 is 9.53 Å². The number of hydrogen-bond acceptors (Lipinski definition) is 3. The zero-order valence-electron chi connectivity index (χ0n) is 13.6. The normalized spacial score (nSPS) is 12.2. The van der Waals surface area contributed by atoms with Gasteiger partial charge in [0.1, 0.15) is 5.75 Å². The van der Waals surface area contributed by atoms with E-state index in [1.54, 1.807) is 0 Å². The molecule has 0 radical (unpaired) electrons. The van der Waals surface area contributed by atoms with Crippen molar-refractivity contribution in [3.05, 3.63) is 29.8 Å². The molecule has 0 saturated carbocycles. The first-order valence-electron chi connectivity index (χ1n) is 7.73. The van der Waals surface area contributed by atoms with Gasteiger partial charge in [-0.1, -0.05) is 32.9 Å². The van der Waals surface area contributed by atoms with Crippen molar-refractivity contribution in [2.24, 2.45) is 5.92 Å². The molecule has 0 fully saturated rings. The van der Waals surface area contributed by atoms with Gasteiger partial charge in [0.15, 0.2) is 6.61 Å². The third kappa shape index (κ3) is 7.71. The fraction of sp³-hybridized carbons (Fsp3) is 0.588. The summed E-state index contributed by atoms with van der Waals surface area (Å²) < 4.78 is 5.48. The Kier molecular flexibility index (Phi) is 7.83. The molecule has 0 aliphatic heterocycles. The highest BCUT2D eigenvalue weighted by atomic mass is 16.5. The molecule has 1 aromatic rings. The molecule has 4 nitrogen and oxygen atoms in total. The van der Waals surface area contributed by atoms with Crippen LogP contribution in [-0.4, -0.2) is 31.6 Å². The van der Waals surface area contributed by atoms with E-state index >= 15 is 0 Å². The molecule has 0 aliphatic rings. The monoisotopic (exact) mass is 292 g/mol. The Labute approximate surface area is 128 Å². The number of hydrogen-bond donors (Lipinski definition) is 2. The number of likely N-dealkylation sites (N-methyl/N-ethyl adjacent to an activating group) is 1. The first kappa shape index (κ1) is 17.5. The van der Waals surface area contributed by atoms with E-state index in [0.717, 1.165) is 18.7 Å². The summed E-state index contributed by atoms with van der Waals surface area (Å²) in [6.45, 7) is 10.1. The van der Waals surface area contributed by atoms with Crippen LogP contribution in [0.1, 0.15) is 33.3 Å². The van der Waals surface area contributed by atoms with E-state index in [1.807, 2.05) is 12.1 Å². The maximum absolute atomic E-state index is 11.6. The molecule has 2 N–H and O–H groups in total. The second-order valence-corrected chi connectivity index (χ2v) is 5.79. The van der Waals surface area contributed by atoms with Crippen LogP contribution in [0.2, 0.25) is 0 Å². The highest BCUT2D eigenvalue weighted by Gasteiger charge is 2.05. The highest BCUT2D eigenvalue weighted by Crippen LogP contribution is 2.13. The molecule has 1 aromatic carbocycles. The summed E-state index contributed by atoms with van der Waals surface area (Å²) in [5.41, 5.74) is 1.26. The van der Waals surface area contributed by atoms with Crippen LogP contribution in [-0.2, 0) is 11.2 Å². The lowest BCUT2D eigenvalue weighted by molar-refractivity contribution is -0.123. The van der Waals surface area contributed by atoms with Gasteiger partial charge in [-0.15, -0.1) is 0 Å². The van der Waals surface area contributed by atoms with Crippen LogP contribution in [0.25, 0.3) is 0 Å². The zero-order valence-corrected chi connectivity index (χ0v) is 13.6. The van der Waals surface area contributed by atoms with Crippen LogP contribution in [0, 0.1) is 5.92 Å². The molecular weight excluding hydrogens is 264 g/mol. The van der Waals surface area contributed by atoms with Gasteiger partial charge in [-0.05, 0) is 43.5 Å². The highest BCUT2D eigenvalue weighted by molar-refractivity contribution is 5.77. The number of carbonyl (C=O) groups excluding carboxylic acids is 1. The average Bonchev–Trinajstić information content (AvgIpc) is 2.44. The first-order valence-corrected chi connectivity index (χ1v) is 7.73. The molecule has 118 valence electrons. The number of benzene rings is 1. The summed E-state index contributed by atoms with van der Waals surface area (Å²) in [7, 11) is 0. The largest absolute Gasteiger partial charge is 0.484 e. The predicted molar refractivity (Wildman–Crippen MR) is 86.6 cm³/mol. The molecular formula is C17H28N2O2. The van der Waals surface area contributed by atoms with Gasteiger partial charge in [-0.2, -0.15) is 0 Å². The summed E-state index contributed by atoms with van der Waals surface area (Å²) >= 11 is 0. The molecule has 1 unspecified atom stereocenters. The van der Waals surface area contributed by atoms with Gasteiger partial charge >= 0.3 is 0 Å². The SMILES string of the molecule is CCNC(C)Cc1ccc(OCC(=O)NCC(C)C)cc1. The summed E-state index contributed by atoms with van der Waals surface area (Å²) in [5.74, 6) is 1.11. The third-order valence-electron chi connectivity index (χ3n) is 3.10. The van der Waals surface area contributed by atoms with Gasteiger partial charge < -0.3 is 15.4 Å². The van der Waals surface area contributed by atoms with E-state index in [4.69, 9.17) is 4.74 Å². The number of rotatable bonds is 9. The van der Waals surface area contributed by atoms with Crippen LogP contribution >= 0.6 is 0 Å². The van der Waals surface area contributed by atoms with Gasteiger partial charge in [0.2, 0.25) is 0 Å². The second kappa shape index (κ2) is 9.40. The first-order chi connectivity index (χ1) is 10.0. The molecule has 1 atom stereocenters. The van der Waals surface area contributed by atoms with Gasteiger partial charge in [-0.25, -0.2) is 0 Å². The maximum Gasteiger partial charge on any atom is 0.257 e. The summed E-state index contributed by atoms with van der Waals surface area (Å²) in [5, 5.41) is 6.22. The van der Waals surface area contributed by atoms with Crippen LogP contribution in [0.4, 0.5) is 0 Å². The minimum Gasteiger partial charge on any atom is -0.484 e. The maximum atomic E-state index is 11.6. The van der Waals surface area contributed by atoms with E-state index < -0.39 is 0 Å². The van der Waals surface area contributed by atoms with Crippen LogP contribution in [0.5, 0.6) is 5.75 Å². The van der Waals surface area contributed by atoms with Crippen molar-refractivity contribution in [1.29, 1.82) is 0 Å². The van der Waals surface area contributed by atoms with Crippen LogP contribution in [0.3, 0.4) is 0 Å². The standard InChI is InChI=1S/C17H28N2O2/c1-5-18-14(4)10-15-6-8-16(9-7-15)21-12-17(20)19-11-13(2)3/h6-9,13-14,18H,5,10-12H2,1-4H3,(H,19,20). The lowest BCUT2D eigenvalue weighted by atomic mass is 10.1. The van der Waals surface area contributed by atoms with E-state index in [2.05, 4.69) is 50.5 Å². The zero-order chi connectivity index (χ0) is 15.7. The van der Waals surface area contributed by atoms with Crippen LogP contribution < -0.4 is 15.4 Å². The summed E-state index contributed by atoms with van der Waals surface area (Å²) in [4.78, 5) is 11.6. The average molecular weight is 292 g/mol. The molecule has 21 heavy (non-hydrogen) atoms. The topological polar surface area (TPSA) is 50.4 Å². The minimum atomic E-state index is -0.0754. The van der Waals surface area contributed by atoms with Crippen molar-refractivity contribution in [2.45, 2.75) is 40.2 Å². The van der Waals surface area contributed by atoms with E-state index in [9.17, 15) is 4.79 Å². The molecule has 0 bridgehead atoms. The molecule has 0 aromatic heterocycles. The molecule has 1 amide bonds. The van der Waals surface area contributed by atoms with Crippen molar-refractivity contribution >= 4 is 5.91 Å². The molecule has 0 spiro atoms. The smallest absolute Gasteiger partial charge is 0.257 e. The van der Waals surface area contributed by atoms with Crippen molar-refractivity contribution in [3.8, 4) is 5.75 Å². The van der Waals surface area contributed by atoms with Crippen molar-refractivity contribution in [3.63, 3.8) is 0 Å². The van der Waals surface area contributed by atoms with E-state index in [0.29, 0.717) is 18.5 Å². The Morgan fingerprint density at radius 2 is 1.86 bits per heavy atom. The van der Waals surface area contributed by atoms with E-state index in [-0.39, 0.29) is 12.5 Å². The van der Waals surface area contributed by atoms with Gasteiger partial charge in [-0.3, -0.25) is 4.79 Å². The Morgan fingerprint density at radius 3 is 2.43 bits per heavy atom. The Morgan fingerprint density at radius 1 is 1.19 bits per heavy atom. The molecule has 0 aliphatic carbocycles. The van der Waals surface area contributed by atoms with Gasteiger partial charge in [0, 0.05) is 12.6 Å². The fourth-order valence-electron chi connectivity index (χ4n) is 2.01. The molecule has 4 heteroatoms.